The molecule has 0 amide bonds. The lowest BCUT2D eigenvalue weighted by molar-refractivity contribution is 0.355. The largest absolute Gasteiger partial charge is 0.493 e. The number of halogens is 1. The van der Waals surface area contributed by atoms with Crippen LogP contribution < -0.4 is 25.4 Å². The van der Waals surface area contributed by atoms with E-state index in [0.29, 0.717) is 52.7 Å². The van der Waals surface area contributed by atoms with Gasteiger partial charge in [0.05, 0.1) is 25.4 Å². The fourth-order valence-electron chi connectivity index (χ4n) is 4.54. The van der Waals surface area contributed by atoms with Crippen molar-refractivity contribution in [3.8, 4) is 17.3 Å². The van der Waals surface area contributed by atoms with Crippen molar-refractivity contribution in [2.45, 2.75) is 13.1 Å². The second-order valence-corrected chi connectivity index (χ2v) is 8.54. The number of methoxy groups -OCH3 is 2. The molecule has 0 atom stereocenters. The summed E-state index contributed by atoms with van der Waals surface area (Å²) in [6.45, 7) is 1.35. The summed E-state index contributed by atoms with van der Waals surface area (Å²) in [5, 5.41) is 8.13. The Morgan fingerprint density at radius 3 is 2.38 bits per heavy atom. The summed E-state index contributed by atoms with van der Waals surface area (Å²) in [5.41, 5.74) is 10.2. The summed E-state index contributed by atoms with van der Waals surface area (Å²) < 4.78 is 27.3. The van der Waals surface area contributed by atoms with E-state index in [0.717, 1.165) is 0 Å². The van der Waals surface area contributed by atoms with Crippen LogP contribution in [-0.2, 0) is 13.1 Å². The maximum Gasteiger partial charge on any atom is 0.248 e. The summed E-state index contributed by atoms with van der Waals surface area (Å²) >= 11 is 0. The van der Waals surface area contributed by atoms with Crippen molar-refractivity contribution < 1.29 is 13.9 Å². The molecule has 0 fully saturated rings. The molecular formula is C26H23FN8O2. The lowest BCUT2D eigenvalue weighted by Gasteiger charge is -2.19. The minimum absolute atomic E-state index is 0.101. The van der Waals surface area contributed by atoms with Gasteiger partial charge in [0, 0.05) is 30.2 Å². The molecule has 0 saturated heterocycles. The van der Waals surface area contributed by atoms with Crippen molar-refractivity contribution in [1.82, 2.24) is 24.7 Å². The molecule has 37 heavy (non-hydrogen) atoms. The van der Waals surface area contributed by atoms with Crippen LogP contribution >= 0.6 is 0 Å². The Morgan fingerprint density at radius 1 is 0.946 bits per heavy atom. The number of hydrogen-bond acceptors (Lipinski definition) is 9. The molecule has 11 heteroatoms. The van der Waals surface area contributed by atoms with E-state index in [-0.39, 0.29) is 17.7 Å². The Morgan fingerprint density at radius 2 is 1.68 bits per heavy atom. The molecule has 0 spiro atoms. The third-order valence-electron chi connectivity index (χ3n) is 6.34. The van der Waals surface area contributed by atoms with Gasteiger partial charge in [-0.05, 0) is 35.4 Å². The highest BCUT2D eigenvalue weighted by molar-refractivity contribution is 5.88. The first-order valence-corrected chi connectivity index (χ1v) is 11.5. The Kier molecular flexibility index (Phi) is 5.44. The van der Waals surface area contributed by atoms with Crippen molar-refractivity contribution in [2.75, 3.05) is 30.2 Å². The highest BCUT2D eigenvalue weighted by atomic mass is 19.1. The number of ether oxygens (including phenoxy) is 2. The van der Waals surface area contributed by atoms with Gasteiger partial charge in [0.15, 0.2) is 17.3 Å². The van der Waals surface area contributed by atoms with E-state index in [1.165, 1.54) is 28.2 Å². The zero-order chi connectivity index (χ0) is 25.5. The van der Waals surface area contributed by atoms with Gasteiger partial charge in [0.1, 0.15) is 12.1 Å². The van der Waals surface area contributed by atoms with Crippen LogP contribution in [0.2, 0.25) is 0 Å². The standard InChI is InChI=1S/C26H23FN8O2/c1-36-22-10-18-20(11-23(22)37-2)29-14-30-24(18)35-25(28)32-26(33-35)31-17-7-8-21(19(27)9-17)34-12-15-5-3-4-6-16(15)13-34/h3-11,14H,12-13H2,1-2H3,(H3,28,31,32,33). The Hall–Kier alpha value is -4.93. The summed E-state index contributed by atoms with van der Waals surface area (Å²) in [6.07, 6.45) is 1.41. The molecule has 1 aliphatic rings. The molecule has 186 valence electrons. The van der Waals surface area contributed by atoms with Crippen LogP contribution in [0, 0.1) is 5.82 Å². The summed E-state index contributed by atoms with van der Waals surface area (Å²) in [4.78, 5) is 15.0. The summed E-state index contributed by atoms with van der Waals surface area (Å²) in [7, 11) is 3.10. The second kappa shape index (κ2) is 8.94. The number of aromatic nitrogens is 5. The average molecular weight is 499 g/mol. The predicted molar refractivity (Wildman–Crippen MR) is 138 cm³/mol. The van der Waals surface area contributed by atoms with Crippen molar-refractivity contribution >= 4 is 34.2 Å². The summed E-state index contributed by atoms with van der Waals surface area (Å²) in [6, 6.07) is 16.6. The lowest BCUT2D eigenvalue weighted by Crippen LogP contribution is -2.16. The van der Waals surface area contributed by atoms with Crippen LogP contribution in [0.15, 0.2) is 60.9 Å². The number of nitrogens with two attached hydrogens (primary N) is 1. The van der Waals surface area contributed by atoms with Crippen LogP contribution in [0.4, 0.5) is 27.7 Å². The Labute approximate surface area is 211 Å². The average Bonchev–Trinajstić information content (AvgIpc) is 3.50. The first kappa shape index (κ1) is 22.5. The van der Waals surface area contributed by atoms with E-state index in [1.54, 1.807) is 38.5 Å². The highest BCUT2D eigenvalue weighted by Gasteiger charge is 2.22. The van der Waals surface area contributed by atoms with Gasteiger partial charge < -0.3 is 25.4 Å². The van der Waals surface area contributed by atoms with Crippen LogP contribution in [0.1, 0.15) is 11.1 Å². The van der Waals surface area contributed by atoms with Crippen molar-refractivity contribution in [3.05, 3.63) is 77.9 Å². The van der Waals surface area contributed by atoms with Gasteiger partial charge >= 0.3 is 0 Å². The first-order valence-electron chi connectivity index (χ1n) is 11.5. The van der Waals surface area contributed by atoms with E-state index in [9.17, 15) is 0 Å². The summed E-state index contributed by atoms with van der Waals surface area (Å²) in [5.74, 6) is 1.43. The SMILES string of the molecule is COc1cc2ncnc(-n3nc(Nc4ccc(N5Cc6ccccc6C5)c(F)c4)nc3N)c2cc1OC. The predicted octanol–water partition coefficient (Wildman–Crippen LogP) is 4.21. The van der Waals surface area contributed by atoms with E-state index < -0.39 is 0 Å². The normalized spacial score (nSPS) is 12.6. The number of benzene rings is 3. The molecule has 0 aliphatic carbocycles. The third-order valence-corrected chi connectivity index (χ3v) is 6.34. The number of nitrogen functional groups attached to an aromatic ring is 1. The number of nitrogens with zero attached hydrogens (tertiary/aromatic N) is 6. The number of fused-ring (bicyclic) bond motifs is 2. The van der Waals surface area contributed by atoms with E-state index in [4.69, 9.17) is 15.2 Å². The minimum Gasteiger partial charge on any atom is -0.493 e. The molecule has 2 aromatic heterocycles. The van der Waals surface area contributed by atoms with Gasteiger partial charge in [-0.15, -0.1) is 5.10 Å². The van der Waals surface area contributed by atoms with Gasteiger partial charge in [0.2, 0.25) is 11.9 Å². The fourth-order valence-corrected chi connectivity index (χ4v) is 4.54. The van der Waals surface area contributed by atoms with Crippen molar-refractivity contribution in [2.24, 2.45) is 0 Å². The van der Waals surface area contributed by atoms with E-state index in [2.05, 4.69) is 37.5 Å². The van der Waals surface area contributed by atoms with Crippen LogP contribution in [0.5, 0.6) is 11.5 Å². The zero-order valence-electron chi connectivity index (χ0n) is 20.1. The maximum atomic E-state index is 15.1. The van der Waals surface area contributed by atoms with Crippen molar-refractivity contribution in [1.29, 1.82) is 0 Å². The van der Waals surface area contributed by atoms with Crippen LogP contribution in [0.3, 0.4) is 0 Å². The van der Waals surface area contributed by atoms with Crippen LogP contribution in [0.25, 0.3) is 16.7 Å². The smallest absolute Gasteiger partial charge is 0.248 e. The highest BCUT2D eigenvalue weighted by Crippen LogP contribution is 2.34. The molecule has 5 aromatic rings. The zero-order valence-corrected chi connectivity index (χ0v) is 20.1. The van der Waals surface area contributed by atoms with E-state index >= 15 is 4.39 Å². The number of nitrogens with one attached hydrogen (secondary N) is 1. The van der Waals surface area contributed by atoms with Gasteiger partial charge in [-0.3, -0.25) is 0 Å². The second-order valence-electron chi connectivity index (χ2n) is 8.54. The van der Waals surface area contributed by atoms with Gasteiger partial charge in [-0.2, -0.15) is 9.67 Å². The fraction of sp³-hybridized carbons (Fsp3) is 0.154. The monoisotopic (exact) mass is 498 g/mol. The topological polar surface area (TPSA) is 116 Å². The molecule has 6 rings (SSSR count). The van der Waals surface area contributed by atoms with Gasteiger partial charge in [-0.1, -0.05) is 24.3 Å². The van der Waals surface area contributed by atoms with Crippen molar-refractivity contribution in [3.63, 3.8) is 0 Å². The number of hydrogen-bond donors (Lipinski definition) is 2. The van der Waals surface area contributed by atoms with Crippen LogP contribution in [-0.4, -0.2) is 39.0 Å². The van der Waals surface area contributed by atoms with E-state index in [1.807, 2.05) is 17.0 Å². The molecule has 10 nitrogen and oxygen atoms in total. The molecule has 0 unspecified atom stereocenters. The minimum atomic E-state index is -0.340. The van der Waals surface area contributed by atoms with Gasteiger partial charge in [-0.25, -0.2) is 14.4 Å². The molecule has 0 bridgehead atoms. The molecule has 0 saturated carbocycles. The molecular weight excluding hydrogens is 475 g/mol. The Balaban J connectivity index is 1.27. The molecule has 3 heterocycles. The lowest BCUT2D eigenvalue weighted by atomic mass is 10.1. The quantitative estimate of drug-likeness (QED) is 0.355. The third kappa shape index (κ3) is 3.99. The Bertz CT molecular complexity index is 1610. The number of anilines is 4. The molecule has 0 radical (unpaired) electrons. The first-order chi connectivity index (χ1) is 18.0. The maximum absolute atomic E-state index is 15.1. The number of rotatable bonds is 6. The molecule has 1 aliphatic heterocycles. The molecule has 3 N–H and O–H groups in total. The molecule has 3 aromatic carbocycles. The van der Waals surface area contributed by atoms with Gasteiger partial charge in [0.25, 0.3) is 0 Å².